The fourth-order valence-electron chi connectivity index (χ4n) is 2.16. The number of halogens is 1. The zero-order valence-electron chi connectivity index (χ0n) is 12.6. The van der Waals surface area contributed by atoms with E-state index in [1.54, 1.807) is 21.1 Å². The molecule has 5 heteroatoms. The Morgan fingerprint density at radius 1 is 1.25 bits per heavy atom. The van der Waals surface area contributed by atoms with Crippen LogP contribution in [0.1, 0.15) is 25.5 Å². The lowest BCUT2D eigenvalue weighted by Crippen LogP contribution is -2.38. The third-order valence-corrected chi connectivity index (χ3v) is 3.93. The maximum Gasteiger partial charge on any atom is 0.0772 e. The van der Waals surface area contributed by atoms with Gasteiger partial charge in [-0.1, -0.05) is 22.0 Å². The number of ether oxygens (including phenoxy) is 2. The molecule has 0 aliphatic rings. The SMILES string of the molecule is COCCN(c1ccc(C(C)O)c(Br)c1)C(C)COC. The van der Waals surface area contributed by atoms with Crippen LogP contribution in [0.5, 0.6) is 0 Å². The van der Waals surface area contributed by atoms with Crippen molar-refractivity contribution in [2.24, 2.45) is 0 Å². The first-order chi connectivity index (χ1) is 9.51. The van der Waals surface area contributed by atoms with Crippen LogP contribution < -0.4 is 4.90 Å². The van der Waals surface area contributed by atoms with Crippen molar-refractivity contribution in [2.75, 3.05) is 38.9 Å². The molecule has 0 aliphatic heterocycles. The molecule has 0 amide bonds. The molecule has 0 radical (unpaired) electrons. The van der Waals surface area contributed by atoms with Crippen LogP contribution in [0, 0.1) is 0 Å². The van der Waals surface area contributed by atoms with E-state index in [-0.39, 0.29) is 6.04 Å². The van der Waals surface area contributed by atoms with Gasteiger partial charge in [0.1, 0.15) is 0 Å². The standard InChI is InChI=1S/C15H24BrNO3/c1-11(10-20-4)17(7-8-19-3)13-5-6-14(12(2)18)15(16)9-13/h5-6,9,11-12,18H,7-8,10H2,1-4H3. The molecule has 20 heavy (non-hydrogen) atoms. The largest absolute Gasteiger partial charge is 0.389 e. The van der Waals surface area contributed by atoms with E-state index in [9.17, 15) is 5.11 Å². The third kappa shape index (κ3) is 4.74. The summed E-state index contributed by atoms with van der Waals surface area (Å²) in [5.74, 6) is 0. The van der Waals surface area contributed by atoms with Crippen LogP contribution in [0.3, 0.4) is 0 Å². The number of hydrogen-bond acceptors (Lipinski definition) is 4. The second kappa shape index (κ2) is 8.62. The Balaban J connectivity index is 2.97. The molecule has 0 saturated carbocycles. The number of aliphatic hydroxyl groups excluding tert-OH is 1. The zero-order valence-corrected chi connectivity index (χ0v) is 14.2. The first kappa shape index (κ1) is 17.4. The molecule has 0 saturated heterocycles. The van der Waals surface area contributed by atoms with Crippen LogP contribution >= 0.6 is 15.9 Å². The second-order valence-electron chi connectivity index (χ2n) is 4.87. The second-order valence-corrected chi connectivity index (χ2v) is 5.73. The van der Waals surface area contributed by atoms with Crippen molar-refractivity contribution in [1.82, 2.24) is 0 Å². The lowest BCUT2D eigenvalue weighted by molar-refractivity contribution is 0.171. The van der Waals surface area contributed by atoms with E-state index in [1.807, 2.05) is 18.2 Å². The Bertz CT molecular complexity index is 412. The topological polar surface area (TPSA) is 41.9 Å². The molecule has 0 aliphatic carbocycles. The highest BCUT2D eigenvalue weighted by Gasteiger charge is 2.16. The van der Waals surface area contributed by atoms with Gasteiger partial charge >= 0.3 is 0 Å². The number of aliphatic hydroxyl groups is 1. The quantitative estimate of drug-likeness (QED) is 0.786. The number of benzene rings is 1. The smallest absolute Gasteiger partial charge is 0.0772 e. The fourth-order valence-corrected chi connectivity index (χ4v) is 2.86. The molecule has 0 bridgehead atoms. The first-order valence-electron chi connectivity index (χ1n) is 6.73. The molecule has 1 N–H and O–H groups in total. The van der Waals surface area contributed by atoms with Crippen molar-refractivity contribution in [3.63, 3.8) is 0 Å². The molecule has 1 aromatic rings. The van der Waals surface area contributed by atoms with E-state index in [4.69, 9.17) is 9.47 Å². The summed E-state index contributed by atoms with van der Waals surface area (Å²) in [5.41, 5.74) is 1.97. The van der Waals surface area contributed by atoms with Crippen LogP contribution in [0.2, 0.25) is 0 Å². The van der Waals surface area contributed by atoms with Crippen molar-refractivity contribution in [3.8, 4) is 0 Å². The van der Waals surface area contributed by atoms with Gasteiger partial charge in [0.25, 0.3) is 0 Å². The van der Waals surface area contributed by atoms with Crippen LogP contribution in [0.15, 0.2) is 22.7 Å². The summed E-state index contributed by atoms with van der Waals surface area (Å²) in [5, 5.41) is 9.69. The minimum atomic E-state index is -0.484. The summed E-state index contributed by atoms with van der Waals surface area (Å²) in [7, 11) is 3.41. The van der Waals surface area contributed by atoms with Crippen LogP contribution in [-0.4, -0.2) is 45.1 Å². The normalized spacial score (nSPS) is 14.1. The van der Waals surface area contributed by atoms with Crippen molar-refractivity contribution in [1.29, 1.82) is 0 Å². The Morgan fingerprint density at radius 3 is 2.45 bits per heavy atom. The number of rotatable bonds is 8. The highest BCUT2D eigenvalue weighted by atomic mass is 79.9. The lowest BCUT2D eigenvalue weighted by Gasteiger charge is -2.31. The molecule has 0 heterocycles. The molecule has 0 spiro atoms. The molecule has 1 rings (SSSR count). The number of methoxy groups -OCH3 is 2. The lowest BCUT2D eigenvalue weighted by atomic mass is 10.1. The van der Waals surface area contributed by atoms with Crippen LogP contribution in [0.4, 0.5) is 5.69 Å². The third-order valence-electron chi connectivity index (χ3n) is 3.24. The fraction of sp³-hybridized carbons (Fsp3) is 0.600. The van der Waals surface area contributed by atoms with E-state index in [1.165, 1.54) is 0 Å². The molecule has 114 valence electrons. The maximum atomic E-state index is 9.69. The molecule has 0 fully saturated rings. The van der Waals surface area contributed by atoms with Crippen molar-refractivity contribution >= 4 is 21.6 Å². The van der Waals surface area contributed by atoms with Gasteiger partial charge in [0.15, 0.2) is 0 Å². The first-order valence-corrected chi connectivity index (χ1v) is 7.52. The van der Waals surface area contributed by atoms with Gasteiger partial charge in [0, 0.05) is 37.0 Å². The van der Waals surface area contributed by atoms with Gasteiger partial charge in [-0.2, -0.15) is 0 Å². The Kier molecular flexibility index (Phi) is 7.51. The Hall–Kier alpha value is -0.620. The average molecular weight is 346 g/mol. The zero-order chi connectivity index (χ0) is 15.1. The number of anilines is 1. The Labute approximate surface area is 129 Å². The highest BCUT2D eigenvalue weighted by Crippen LogP contribution is 2.29. The van der Waals surface area contributed by atoms with Gasteiger partial charge in [-0.15, -0.1) is 0 Å². The van der Waals surface area contributed by atoms with Gasteiger partial charge in [0.2, 0.25) is 0 Å². The molecule has 4 nitrogen and oxygen atoms in total. The molecule has 0 aromatic heterocycles. The molecule has 2 atom stereocenters. The van der Waals surface area contributed by atoms with Crippen LogP contribution in [0.25, 0.3) is 0 Å². The van der Waals surface area contributed by atoms with E-state index >= 15 is 0 Å². The van der Waals surface area contributed by atoms with Crippen molar-refractivity contribution < 1.29 is 14.6 Å². The van der Waals surface area contributed by atoms with E-state index in [2.05, 4.69) is 27.8 Å². The van der Waals surface area contributed by atoms with E-state index in [0.717, 1.165) is 22.3 Å². The maximum absolute atomic E-state index is 9.69. The number of nitrogens with zero attached hydrogens (tertiary/aromatic N) is 1. The molecular formula is C15H24BrNO3. The summed E-state index contributed by atoms with van der Waals surface area (Å²) in [4.78, 5) is 2.24. The molecule has 1 aromatic carbocycles. The summed E-state index contributed by atoms with van der Waals surface area (Å²) < 4.78 is 11.3. The highest BCUT2D eigenvalue weighted by molar-refractivity contribution is 9.10. The predicted molar refractivity (Wildman–Crippen MR) is 85.3 cm³/mol. The monoisotopic (exact) mass is 345 g/mol. The van der Waals surface area contributed by atoms with Crippen molar-refractivity contribution in [2.45, 2.75) is 26.0 Å². The summed E-state index contributed by atoms with van der Waals surface area (Å²) in [6, 6.07) is 6.25. The molecular weight excluding hydrogens is 322 g/mol. The average Bonchev–Trinajstić information content (AvgIpc) is 2.39. The number of hydrogen-bond donors (Lipinski definition) is 1. The van der Waals surface area contributed by atoms with Crippen molar-refractivity contribution in [3.05, 3.63) is 28.2 Å². The van der Waals surface area contributed by atoms with E-state index in [0.29, 0.717) is 13.2 Å². The van der Waals surface area contributed by atoms with Gasteiger partial charge in [-0.3, -0.25) is 0 Å². The van der Waals surface area contributed by atoms with Gasteiger partial charge in [-0.05, 0) is 31.5 Å². The summed E-state index contributed by atoms with van der Waals surface area (Å²) >= 11 is 3.52. The van der Waals surface area contributed by atoms with Crippen LogP contribution in [-0.2, 0) is 9.47 Å². The summed E-state index contributed by atoms with van der Waals surface area (Å²) in [6.45, 7) is 5.98. The summed E-state index contributed by atoms with van der Waals surface area (Å²) in [6.07, 6.45) is -0.484. The minimum absolute atomic E-state index is 0.249. The van der Waals surface area contributed by atoms with E-state index < -0.39 is 6.10 Å². The predicted octanol–water partition coefficient (Wildman–Crippen LogP) is 2.99. The van der Waals surface area contributed by atoms with Gasteiger partial charge in [0.05, 0.1) is 19.3 Å². The van der Waals surface area contributed by atoms with Gasteiger partial charge < -0.3 is 19.5 Å². The Morgan fingerprint density at radius 2 is 1.95 bits per heavy atom. The minimum Gasteiger partial charge on any atom is -0.389 e. The molecule has 2 unspecified atom stereocenters. The van der Waals surface area contributed by atoms with Gasteiger partial charge in [-0.25, -0.2) is 0 Å².